The van der Waals surface area contributed by atoms with Crippen LogP contribution in [0.2, 0.25) is 0 Å². The lowest BCUT2D eigenvalue weighted by molar-refractivity contribution is 0.0243. The van der Waals surface area contributed by atoms with E-state index < -0.39 is 5.60 Å². The first-order chi connectivity index (χ1) is 10.8. The highest BCUT2D eigenvalue weighted by Gasteiger charge is 2.27. The van der Waals surface area contributed by atoms with E-state index in [2.05, 4.69) is 17.3 Å². The maximum Gasteiger partial charge on any atom is 0.410 e. The summed E-state index contributed by atoms with van der Waals surface area (Å²) in [5.74, 6) is 0.782. The number of piperidine rings is 1. The van der Waals surface area contributed by atoms with E-state index >= 15 is 0 Å². The lowest BCUT2D eigenvalue weighted by Crippen LogP contribution is -2.46. The van der Waals surface area contributed by atoms with Crippen molar-refractivity contribution in [2.24, 2.45) is 5.92 Å². The van der Waals surface area contributed by atoms with Gasteiger partial charge in [0.2, 0.25) is 0 Å². The average Bonchev–Trinajstić information content (AvgIpc) is 2.70. The summed E-state index contributed by atoms with van der Waals surface area (Å²) in [4.78, 5) is 16.6. The van der Waals surface area contributed by atoms with Crippen molar-refractivity contribution in [3.8, 4) is 0 Å². The molecule has 0 aliphatic carbocycles. The molecular formula is C18H35N3O2. The molecule has 0 radical (unpaired) electrons. The molecule has 2 saturated heterocycles. The highest BCUT2D eigenvalue weighted by atomic mass is 16.6. The summed E-state index contributed by atoms with van der Waals surface area (Å²) < 4.78 is 5.54. The predicted octanol–water partition coefficient (Wildman–Crippen LogP) is 2.71. The van der Waals surface area contributed by atoms with E-state index in [-0.39, 0.29) is 6.09 Å². The van der Waals surface area contributed by atoms with Gasteiger partial charge in [-0.05, 0) is 79.1 Å². The van der Waals surface area contributed by atoms with Crippen LogP contribution in [0.5, 0.6) is 0 Å². The second-order valence-electron chi connectivity index (χ2n) is 8.27. The Morgan fingerprint density at radius 1 is 1.13 bits per heavy atom. The predicted molar refractivity (Wildman–Crippen MR) is 93.7 cm³/mol. The van der Waals surface area contributed by atoms with Crippen LogP contribution in [-0.4, -0.2) is 67.3 Å². The molecule has 0 aromatic carbocycles. The van der Waals surface area contributed by atoms with Crippen molar-refractivity contribution in [3.63, 3.8) is 0 Å². The molecule has 2 heterocycles. The number of rotatable bonds is 3. The molecule has 2 rings (SSSR count). The summed E-state index contributed by atoms with van der Waals surface area (Å²) in [5.41, 5.74) is -0.416. The smallest absolute Gasteiger partial charge is 0.410 e. The summed E-state index contributed by atoms with van der Waals surface area (Å²) >= 11 is 0. The Hall–Kier alpha value is -0.810. The molecule has 5 nitrogen and oxygen atoms in total. The normalized spacial score (nSPS) is 25.2. The van der Waals surface area contributed by atoms with E-state index in [9.17, 15) is 4.79 Å². The van der Waals surface area contributed by atoms with Crippen molar-refractivity contribution < 1.29 is 9.53 Å². The van der Waals surface area contributed by atoms with Gasteiger partial charge in [-0.1, -0.05) is 6.42 Å². The highest BCUT2D eigenvalue weighted by Crippen LogP contribution is 2.18. The van der Waals surface area contributed by atoms with Gasteiger partial charge in [-0.25, -0.2) is 4.79 Å². The summed E-state index contributed by atoms with van der Waals surface area (Å²) in [6.07, 6.45) is 5.82. The number of likely N-dealkylation sites (tertiary alicyclic amines) is 2. The van der Waals surface area contributed by atoms with Crippen molar-refractivity contribution in [1.29, 1.82) is 0 Å². The maximum absolute atomic E-state index is 12.3. The highest BCUT2D eigenvalue weighted by molar-refractivity contribution is 5.68. The second-order valence-corrected chi connectivity index (χ2v) is 8.27. The number of nitrogens with one attached hydrogen (secondary N) is 1. The minimum atomic E-state index is -0.416. The molecule has 0 aromatic heterocycles. The lowest BCUT2D eigenvalue weighted by atomic mass is 9.96. The van der Waals surface area contributed by atoms with Crippen molar-refractivity contribution >= 4 is 6.09 Å². The SMILES string of the molecule is CN1CCC(CNC2CCCCN(C(=O)OC(C)(C)C)C2)CC1. The van der Waals surface area contributed by atoms with E-state index in [1.807, 2.05) is 25.7 Å². The number of nitrogens with zero attached hydrogens (tertiary/aromatic N) is 2. The molecule has 1 amide bonds. The number of ether oxygens (including phenoxy) is 1. The Bertz CT molecular complexity index is 373. The van der Waals surface area contributed by atoms with Crippen LogP contribution in [0.25, 0.3) is 0 Å². The second kappa shape index (κ2) is 8.34. The Morgan fingerprint density at radius 2 is 1.83 bits per heavy atom. The van der Waals surface area contributed by atoms with Gasteiger partial charge < -0.3 is 19.9 Å². The van der Waals surface area contributed by atoms with Gasteiger partial charge in [0.05, 0.1) is 0 Å². The molecule has 1 unspecified atom stereocenters. The molecule has 2 fully saturated rings. The standard InChI is InChI=1S/C18H35N3O2/c1-18(2,3)23-17(22)21-10-6-5-7-16(14-21)19-13-15-8-11-20(4)12-9-15/h15-16,19H,5-14H2,1-4H3. The average molecular weight is 325 g/mol. The minimum absolute atomic E-state index is 0.162. The van der Waals surface area contributed by atoms with Crippen LogP contribution >= 0.6 is 0 Å². The summed E-state index contributed by atoms with van der Waals surface area (Å²) in [6.45, 7) is 10.9. The molecule has 134 valence electrons. The Morgan fingerprint density at radius 3 is 2.48 bits per heavy atom. The molecule has 0 bridgehead atoms. The fourth-order valence-corrected chi connectivity index (χ4v) is 3.40. The van der Waals surface area contributed by atoms with Gasteiger partial charge in [-0.2, -0.15) is 0 Å². The van der Waals surface area contributed by atoms with Crippen molar-refractivity contribution in [1.82, 2.24) is 15.1 Å². The molecule has 2 aliphatic rings. The van der Waals surface area contributed by atoms with Crippen LogP contribution in [0, 0.1) is 5.92 Å². The third kappa shape index (κ3) is 6.68. The van der Waals surface area contributed by atoms with Crippen molar-refractivity contribution in [2.75, 3.05) is 39.8 Å². The molecule has 1 atom stereocenters. The number of carbonyl (C=O) groups is 1. The first kappa shape index (κ1) is 18.5. The minimum Gasteiger partial charge on any atom is -0.444 e. The fourth-order valence-electron chi connectivity index (χ4n) is 3.40. The van der Waals surface area contributed by atoms with Gasteiger partial charge in [-0.3, -0.25) is 0 Å². The number of carbonyl (C=O) groups excluding carboxylic acids is 1. The molecule has 2 aliphatic heterocycles. The Balaban J connectivity index is 1.78. The van der Waals surface area contributed by atoms with Crippen LogP contribution < -0.4 is 5.32 Å². The number of amides is 1. The third-order valence-corrected chi connectivity index (χ3v) is 4.86. The molecule has 5 heteroatoms. The Labute approximate surface area is 141 Å². The zero-order chi connectivity index (χ0) is 16.9. The zero-order valence-electron chi connectivity index (χ0n) is 15.4. The fraction of sp³-hybridized carbons (Fsp3) is 0.944. The molecule has 0 aromatic rings. The molecule has 0 spiro atoms. The first-order valence-electron chi connectivity index (χ1n) is 9.23. The van der Waals surface area contributed by atoms with Crippen LogP contribution in [0.4, 0.5) is 4.79 Å². The monoisotopic (exact) mass is 325 g/mol. The summed E-state index contributed by atoms with van der Waals surface area (Å²) in [6, 6.07) is 0.407. The van der Waals surface area contributed by atoms with Gasteiger partial charge in [-0.15, -0.1) is 0 Å². The van der Waals surface area contributed by atoms with Gasteiger partial charge in [0.15, 0.2) is 0 Å². The Kier molecular flexibility index (Phi) is 6.72. The van der Waals surface area contributed by atoms with Crippen LogP contribution in [0.15, 0.2) is 0 Å². The number of hydrogen-bond acceptors (Lipinski definition) is 4. The molecule has 1 N–H and O–H groups in total. The maximum atomic E-state index is 12.3. The quantitative estimate of drug-likeness (QED) is 0.866. The third-order valence-electron chi connectivity index (χ3n) is 4.86. The zero-order valence-corrected chi connectivity index (χ0v) is 15.4. The van der Waals surface area contributed by atoms with E-state index in [1.54, 1.807) is 0 Å². The lowest BCUT2D eigenvalue weighted by Gasteiger charge is -2.31. The molecular weight excluding hydrogens is 290 g/mol. The summed E-state index contributed by atoms with van der Waals surface area (Å²) in [5, 5.41) is 3.73. The number of hydrogen-bond donors (Lipinski definition) is 1. The van der Waals surface area contributed by atoms with Gasteiger partial charge >= 0.3 is 6.09 Å². The van der Waals surface area contributed by atoms with E-state index in [1.165, 1.54) is 32.4 Å². The summed E-state index contributed by atoms with van der Waals surface area (Å²) in [7, 11) is 2.20. The van der Waals surface area contributed by atoms with E-state index in [0.29, 0.717) is 6.04 Å². The molecule has 0 saturated carbocycles. The van der Waals surface area contributed by atoms with Gasteiger partial charge in [0.1, 0.15) is 5.60 Å². The van der Waals surface area contributed by atoms with Crippen molar-refractivity contribution in [3.05, 3.63) is 0 Å². The van der Waals surface area contributed by atoms with Crippen LogP contribution in [-0.2, 0) is 4.74 Å². The van der Waals surface area contributed by atoms with E-state index in [4.69, 9.17) is 4.74 Å². The molecule has 23 heavy (non-hydrogen) atoms. The van der Waals surface area contributed by atoms with Gasteiger partial charge in [0, 0.05) is 19.1 Å². The van der Waals surface area contributed by atoms with Crippen LogP contribution in [0.3, 0.4) is 0 Å². The topological polar surface area (TPSA) is 44.8 Å². The van der Waals surface area contributed by atoms with Crippen molar-refractivity contribution in [2.45, 2.75) is 64.5 Å². The van der Waals surface area contributed by atoms with E-state index in [0.717, 1.165) is 38.4 Å². The largest absolute Gasteiger partial charge is 0.444 e. The first-order valence-corrected chi connectivity index (χ1v) is 9.23. The van der Waals surface area contributed by atoms with Crippen LogP contribution in [0.1, 0.15) is 52.9 Å². The van der Waals surface area contributed by atoms with Gasteiger partial charge in [0.25, 0.3) is 0 Å².